The van der Waals surface area contributed by atoms with Crippen LogP contribution in [0.1, 0.15) is 28.7 Å². The van der Waals surface area contributed by atoms with Crippen LogP contribution in [0.5, 0.6) is 0 Å². The number of amidine groups is 1. The molecule has 11 nitrogen and oxygen atoms in total. The smallest absolute Gasteiger partial charge is 0.315 e. The van der Waals surface area contributed by atoms with E-state index in [1.165, 1.54) is 11.3 Å². The first-order valence-electron chi connectivity index (χ1n) is 11.9. The minimum Gasteiger partial charge on any atom is -0.384 e. The number of anilines is 1. The van der Waals surface area contributed by atoms with Gasteiger partial charge in [0.05, 0.1) is 22.9 Å². The van der Waals surface area contributed by atoms with Crippen LogP contribution >= 0.6 is 11.3 Å². The molecular weight excluding hydrogens is 494 g/mol. The number of nitrogens with one attached hydrogen (secondary N) is 4. The molecule has 6 N–H and O–H groups in total. The fourth-order valence-electron chi connectivity index (χ4n) is 3.94. The Morgan fingerprint density at radius 2 is 2.00 bits per heavy atom. The Morgan fingerprint density at radius 1 is 1.24 bits per heavy atom. The number of nitrogen functional groups attached to an aromatic ring is 1. The maximum Gasteiger partial charge on any atom is 0.315 e. The van der Waals surface area contributed by atoms with Gasteiger partial charge in [-0.2, -0.15) is 0 Å². The van der Waals surface area contributed by atoms with E-state index in [-0.39, 0.29) is 30.8 Å². The first-order valence-corrected chi connectivity index (χ1v) is 12.7. The number of rotatable bonds is 10. The van der Waals surface area contributed by atoms with E-state index in [1.54, 1.807) is 29.2 Å². The normalized spacial score (nSPS) is 16.0. The fraction of sp³-hybridized carbons (Fsp3) is 0.320. The molecule has 1 saturated heterocycles. The Morgan fingerprint density at radius 3 is 2.70 bits per heavy atom. The molecule has 3 aromatic rings. The SMILES string of the molecule is CCOC[C@H](CNC(=O)NC1CCN(c2ccc(C(=N)N)cc2)C1=O)NC(=O)c1nc2ccccc2s1. The lowest BCUT2D eigenvalue weighted by molar-refractivity contribution is -0.118. The van der Waals surface area contributed by atoms with Crippen molar-refractivity contribution < 1.29 is 19.1 Å². The van der Waals surface area contributed by atoms with Crippen molar-refractivity contribution in [3.05, 3.63) is 59.1 Å². The maximum atomic E-state index is 12.8. The molecule has 37 heavy (non-hydrogen) atoms. The third kappa shape index (κ3) is 6.40. The second kappa shape index (κ2) is 11.8. The highest BCUT2D eigenvalue weighted by atomic mass is 32.1. The minimum atomic E-state index is -0.671. The standard InChI is InChI=1S/C25H29N7O4S/c1-2-36-14-16(29-22(33)23-30-18-5-3-4-6-20(18)37-23)13-28-25(35)31-19-11-12-32(24(19)34)17-9-7-15(8-10-17)21(26)27/h3-10,16,19H,2,11-14H2,1H3,(H3,26,27)(H,29,33)(H2,28,31,35)/t16-,19?/m0/s1. The van der Waals surface area contributed by atoms with E-state index < -0.39 is 18.1 Å². The molecule has 0 bridgehead atoms. The molecule has 0 saturated carbocycles. The Balaban J connectivity index is 1.30. The summed E-state index contributed by atoms with van der Waals surface area (Å²) in [4.78, 5) is 44.1. The monoisotopic (exact) mass is 523 g/mol. The number of amides is 4. The van der Waals surface area contributed by atoms with Gasteiger partial charge in [0.1, 0.15) is 11.9 Å². The zero-order valence-electron chi connectivity index (χ0n) is 20.3. The first-order chi connectivity index (χ1) is 17.9. The molecule has 194 valence electrons. The lowest BCUT2D eigenvalue weighted by Gasteiger charge is -2.20. The van der Waals surface area contributed by atoms with E-state index in [0.29, 0.717) is 35.8 Å². The summed E-state index contributed by atoms with van der Waals surface area (Å²) < 4.78 is 6.39. The number of urea groups is 1. The molecule has 12 heteroatoms. The minimum absolute atomic E-state index is 0.0468. The van der Waals surface area contributed by atoms with Crippen molar-refractivity contribution in [3.8, 4) is 0 Å². The summed E-state index contributed by atoms with van der Waals surface area (Å²) in [5, 5.41) is 16.1. The second-order valence-electron chi connectivity index (χ2n) is 8.46. The van der Waals surface area contributed by atoms with Crippen LogP contribution in [0, 0.1) is 5.41 Å². The van der Waals surface area contributed by atoms with Gasteiger partial charge in [0.25, 0.3) is 5.91 Å². The Kier molecular flexibility index (Phi) is 8.31. The van der Waals surface area contributed by atoms with Crippen molar-refractivity contribution in [2.75, 3.05) is 31.2 Å². The van der Waals surface area contributed by atoms with E-state index in [4.69, 9.17) is 15.9 Å². The van der Waals surface area contributed by atoms with Gasteiger partial charge in [-0.25, -0.2) is 9.78 Å². The van der Waals surface area contributed by atoms with E-state index in [1.807, 2.05) is 31.2 Å². The van der Waals surface area contributed by atoms with Gasteiger partial charge < -0.3 is 31.3 Å². The number of para-hydroxylation sites is 1. The van der Waals surface area contributed by atoms with Gasteiger partial charge in [-0.1, -0.05) is 12.1 Å². The van der Waals surface area contributed by atoms with Crippen LogP contribution in [0.2, 0.25) is 0 Å². The summed E-state index contributed by atoms with van der Waals surface area (Å²) in [7, 11) is 0. The number of fused-ring (bicyclic) bond motifs is 1. The third-order valence-electron chi connectivity index (χ3n) is 5.86. The molecule has 2 aromatic carbocycles. The zero-order chi connectivity index (χ0) is 26.4. The van der Waals surface area contributed by atoms with Gasteiger partial charge >= 0.3 is 6.03 Å². The van der Waals surface area contributed by atoms with Crippen molar-refractivity contribution >= 4 is 50.9 Å². The summed E-state index contributed by atoms with van der Waals surface area (Å²) in [6.07, 6.45) is 0.456. The number of carbonyl (C=O) groups is 3. The summed E-state index contributed by atoms with van der Waals surface area (Å²) in [6, 6.07) is 12.6. The number of carbonyl (C=O) groups excluding carboxylic acids is 3. The molecule has 0 aliphatic carbocycles. The highest BCUT2D eigenvalue weighted by molar-refractivity contribution is 7.20. The first kappa shape index (κ1) is 26.0. The highest BCUT2D eigenvalue weighted by Gasteiger charge is 2.33. The van der Waals surface area contributed by atoms with Crippen LogP contribution in [0.15, 0.2) is 48.5 Å². The summed E-state index contributed by atoms with van der Waals surface area (Å²) >= 11 is 1.30. The van der Waals surface area contributed by atoms with E-state index in [0.717, 1.165) is 10.2 Å². The van der Waals surface area contributed by atoms with Gasteiger partial charge in [0.15, 0.2) is 5.01 Å². The molecule has 1 fully saturated rings. The van der Waals surface area contributed by atoms with Gasteiger partial charge in [0, 0.05) is 30.9 Å². The van der Waals surface area contributed by atoms with Gasteiger partial charge in [0.2, 0.25) is 5.91 Å². The van der Waals surface area contributed by atoms with Crippen LogP contribution in [0.4, 0.5) is 10.5 Å². The van der Waals surface area contributed by atoms with Gasteiger partial charge in [-0.3, -0.25) is 15.0 Å². The van der Waals surface area contributed by atoms with E-state index >= 15 is 0 Å². The van der Waals surface area contributed by atoms with Crippen LogP contribution in [0.25, 0.3) is 10.2 Å². The van der Waals surface area contributed by atoms with Crippen molar-refractivity contribution in [1.29, 1.82) is 5.41 Å². The second-order valence-corrected chi connectivity index (χ2v) is 9.49. The average Bonchev–Trinajstić information content (AvgIpc) is 3.49. The number of aromatic nitrogens is 1. The zero-order valence-corrected chi connectivity index (χ0v) is 21.1. The summed E-state index contributed by atoms with van der Waals surface area (Å²) in [5.41, 5.74) is 7.48. The summed E-state index contributed by atoms with van der Waals surface area (Å²) in [5.74, 6) is -0.610. The number of benzene rings is 2. The molecule has 4 rings (SSSR count). The van der Waals surface area contributed by atoms with E-state index in [2.05, 4.69) is 20.9 Å². The fourth-order valence-corrected chi connectivity index (χ4v) is 4.81. The van der Waals surface area contributed by atoms with E-state index in [9.17, 15) is 14.4 Å². The van der Waals surface area contributed by atoms with Gasteiger partial charge in [-0.05, 0) is 49.7 Å². The van der Waals surface area contributed by atoms with Crippen molar-refractivity contribution in [3.63, 3.8) is 0 Å². The van der Waals surface area contributed by atoms with Crippen molar-refractivity contribution in [1.82, 2.24) is 20.9 Å². The van der Waals surface area contributed by atoms with Gasteiger partial charge in [-0.15, -0.1) is 11.3 Å². The molecular formula is C25H29N7O4S. The predicted molar refractivity (Wildman–Crippen MR) is 142 cm³/mol. The van der Waals surface area contributed by atoms with Crippen molar-refractivity contribution in [2.24, 2.45) is 5.73 Å². The number of hydrogen-bond acceptors (Lipinski definition) is 7. The largest absolute Gasteiger partial charge is 0.384 e. The quantitative estimate of drug-likeness (QED) is 0.201. The maximum absolute atomic E-state index is 12.8. The Hall–Kier alpha value is -4.03. The topological polar surface area (TPSA) is 163 Å². The molecule has 1 unspecified atom stereocenters. The number of ether oxygens (including phenoxy) is 1. The average molecular weight is 524 g/mol. The Labute approximate surface area is 217 Å². The highest BCUT2D eigenvalue weighted by Crippen LogP contribution is 2.23. The summed E-state index contributed by atoms with van der Waals surface area (Å²) in [6.45, 7) is 3.07. The third-order valence-corrected chi connectivity index (χ3v) is 6.89. The Bertz CT molecular complexity index is 1260. The predicted octanol–water partition coefficient (Wildman–Crippen LogP) is 1.82. The van der Waals surface area contributed by atoms with Crippen LogP contribution < -0.4 is 26.6 Å². The number of nitrogens with zero attached hydrogens (tertiary/aromatic N) is 2. The molecule has 1 aliphatic rings. The van der Waals surface area contributed by atoms with Crippen LogP contribution in [-0.4, -0.2) is 67.1 Å². The van der Waals surface area contributed by atoms with Crippen LogP contribution in [-0.2, 0) is 9.53 Å². The van der Waals surface area contributed by atoms with Crippen molar-refractivity contribution in [2.45, 2.75) is 25.4 Å². The molecule has 0 spiro atoms. The lowest BCUT2D eigenvalue weighted by atomic mass is 10.2. The molecule has 2 heterocycles. The molecule has 0 radical (unpaired) electrons. The lowest BCUT2D eigenvalue weighted by Crippen LogP contribution is -2.51. The number of hydrogen-bond donors (Lipinski definition) is 5. The molecule has 1 aromatic heterocycles. The molecule has 4 amide bonds. The molecule has 2 atom stereocenters. The number of thiazole rings is 1. The number of nitrogens with two attached hydrogens (primary N) is 1. The van der Waals surface area contributed by atoms with Crippen LogP contribution in [0.3, 0.4) is 0 Å². The molecule has 1 aliphatic heterocycles.